The number of hydrogen-bond acceptors (Lipinski definition) is 3. The monoisotopic (exact) mass is 388 g/mol. The lowest BCUT2D eigenvalue weighted by Crippen LogP contribution is -2.04. The second kappa shape index (κ2) is 7.21. The summed E-state index contributed by atoms with van der Waals surface area (Å²) in [4.78, 5) is 23.1. The molecular formula is C16H8Cl3FO4. The first kappa shape index (κ1) is 18.3. The minimum absolute atomic E-state index is 0.114. The summed E-state index contributed by atoms with van der Waals surface area (Å²) in [5, 5.41) is 19.3. The Hall–Kier alpha value is -2.08. The van der Waals surface area contributed by atoms with Crippen LogP contribution in [0.2, 0.25) is 15.1 Å². The van der Waals surface area contributed by atoms with Gasteiger partial charge in [0.05, 0.1) is 15.6 Å². The molecule has 0 radical (unpaired) electrons. The normalized spacial score (nSPS) is 11.0. The Kier molecular flexibility index (Phi) is 5.49. The predicted octanol–water partition coefficient (Wildman–Crippen LogP) is 5.09. The molecule has 4 nitrogen and oxygen atoms in total. The number of carbonyl (C=O) groups is 2. The van der Waals surface area contributed by atoms with E-state index in [4.69, 9.17) is 39.9 Å². The molecule has 0 heterocycles. The average Bonchev–Trinajstić information content (AvgIpc) is 2.52. The molecule has 0 bridgehead atoms. The summed E-state index contributed by atoms with van der Waals surface area (Å²) in [7, 11) is 0. The number of phenols is 1. The summed E-state index contributed by atoms with van der Waals surface area (Å²) in [5.41, 5.74) is -0.961. The molecule has 24 heavy (non-hydrogen) atoms. The summed E-state index contributed by atoms with van der Waals surface area (Å²) in [6.07, 6.45) is 2.22. The highest BCUT2D eigenvalue weighted by molar-refractivity contribution is 6.44. The number of allylic oxidation sites excluding steroid dienone is 1. The number of ketones is 1. The summed E-state index contributed by atoms with van der Waals surface area (Å²) in [6.45, 7) is 0. The molecule has 0 aliphatic carbocycles. The van der Waals surface area contributed by atoms with Gasteiger partial charge in [0.1, 0.15) is 17.1 Å². The van der Waals surface area contributed by atoms with Gasteiger partial charge in [-0.1, -0.05) is 34.8 Å². The predicted molar refractivity (Wildman–Crippen MR) is 89.9 cm³/mol. The molecular weight excluding hydrogens is 382 g/mol. The zero-order valence-electron chi connectivity index (χ0n) is 11.7. The molecule has 2 rings (SSSR count). The molecule has 0 fully saturated rings. The fourth-order valence-corrected chi connectivity index (χ4v) is 2.56. The average molecular weight is 390 g/mol. The second-order valence-electron chi connectivity index (χ2n) is 4.61. The minimum Gasteiger partial charge on any atom is -0.506 e. The van der Waals surface area contributed by atoms with E-state index in [0.29, 0.717) is 6.07 Å². The summed E-state index contributed by atoms with van der Waals surface area (Å²) in [5.74, 6) is -4.20. The van der Waals surface area contributed by atoms with Gasteiger partial charge in [0, 0.05) is 10.6 Å². The molecule has 0 aliphatic heterocycles. The van der Waals surface area contributed by atoms with Crippen molar-refractivity contribution in [3.8, 4) is 5.75 Å². The first-order valence-corrected chi connectivity index (χ1v) is 7.47. The molecule has 0 spiro atoms. The molecule has 0 atom stereocenters. The number of aromatic carboxylic acids is 1. The maximum absolute atomic E-state index is 13.5. The SMILES string of the molecule is O=C(O)c1cc(F)cc(C(=O)/C=C/c2c(Cl)ccc(Cl)c2Cl)c1O. The third-order valence-corrected chi connectivity index (χ3v) is 4.20. The number of carboxylic acids is 1. The van der Waals surface area contributed by atoms with Gasteiger partial charge in [-0.25, -0.2) is 9.18 Å². The van der Waals surface area contributed by atoms with Gasteiger partial charge < -0.3 is 10.2 Å². The first-order valence-electron chi connectivity index (χ1n) is 6.34. The van der Waals surface area contributed by atoms with Crippen LogP contribution in [0.25, 0.3) is 6.08 Å². The van der Waals surface area contributed by atoms with Crippen molar-refractivity contribution >= 4 is 52.6 Å². The van der Waals surface area contributed by atoms with Crippen molar-refractivity contribution in [1.29, 1.82) is 0 Å². The Morgan fingerprint density at radius 2 is 1.62 bits per heavy atom. The zero-order valence-corrected chi connectivity index (χ0v) is 14.0. The number of halogens is 4. The van der Waals surface area contributed by atoms with Crippen LogP contribution in [0.1, 0.15) is 26.3 Å². The van der Waals surface area contributed by atoms with Gasteiger partial charge >= 0.3 is 5.97 Å². The molecule has 2 N–H and O–H groups in total. The molecule has 2 aromatic rings. The van der Waals surface area contributed by atoms with E-state index >= 15 is 0 Å². The van der Waals surface area contributed by atoms with Gasteiger partial charge in [0.2, 0.25) is 0 Å². The van der Waals surface area contributed by atoms with Gasteiger partial charge in [-0.3, -0.25) is 4.79 Å². The van der Waals surface area contributed by atoms with Gasteiger partial charge in [0.25, 0.3) is 0 Å². The maximum Gasteiger partial charge on any atom is 0.339 e. The Bertz CT molecular complexity index is 878. The van der Waals surface area contributed by atoms with Crippen LogP contribution in [0, 0.1) is 5.82 Å². The number of aromatic hydroxyl groups is 1. The highest BCUT2D eigenvalue weighted by Gasteiger charge is 2.19. The van der Waals surface area contributed by atoms with Crippen LogP contribution in [-0.2, 0) is 0 Å². The van der Waals surface area contributed by atoms with Gasteiger partial charge in [0.15, 0.2) is 5.78 Å². The van der Waals surface area contributed by atoms with Crippen molar-refractivity contribution in [2.75, 3.05) is 0 Å². The number of hydrogen-bond donors (Lipinski definition) is 2. The fourth-order valence-electron chi connectivity index (χ4n) is 1.89. The Labute approximate surface area is 150 Å². The minimum atomic E-state index is -1.56. The maximum atomic E-state index is 13.5. The van der Waals surface area contributed by atoms with Gasteiger partial charge in [-0.15, -0.1) is 0 Å². The van der Waals surface area contributed by atoms with Crippen molar-refractivity contribution < 1.29 is 24.2 Å². The molecule has 0 saturated carbocycles. The van der Waals surface area contributed by atoms with E-state index in [2.05, 4.69) is 0 Å². The summed E-state index contributed by atoms with van der Waals surface area (Å²) in [6, 6.07) is 4.30. The van der Waals surface area contributed by atoms with E-state index < -0.39 is 34.4 Å². The van der Waals surface area contributed by atoms with Crippen molar-refractivity contribution in [1.82, 2.24) is 0 Å². The van der Waals surface area contributed by atoms with Gasteiger partial charge in [-0.2, -0.15) is 0 Å². The zero-order chi connectivity index (χ0) is 18.0. The number of carboxylic acid groups (broad SMARTS) is 1. The molecule has 124 valence electrons. The van der Waals surface area contributed by atoms with Crippen LogP contribution in [0.3, 0.4) is 0 Å². The topological polar surface area (TPSA) is 74.6 Å². The van der Waals surface area contributed by atoms with Crippen molar-refractivity contribution in [2.24, 2.45) is 0 Å². The van der Waals surface area contributed by atoms with Gasteiger partial charge in [-0.05, 0) is 36.4 Å². The van der Waals surface area contributed by atoms with Crippen LogP contribution in [0.5, 0.6) is 5.75 Å². The lowest BCUT2D eigenvalue weighted by molar-refractivity contribution is 0.0693. The highest BCUT2D eigenvalue weighted by atomic mass is 35.5. The standard InChI is InChI=1S/C16H8Cl3FO4/c17-11-2-3-12(18)14(19)8(11)1-4-13(21)9-5-7(20)6-10(15(9)22)16(23)24/h1-6,22H,(H,23,24)/b4-1+. The Balaban J connectivity index is 2.45. The van der Waals surface area contributed by atoms with E-state index in [0.717, 1.165) is 12.1 Å². The van der Waals surface area contributed by atoms with E-state index in [9.17, 15) is 19.1 Å². The highest BCUT2D eigenvalue weighted by Crippen LogP contribution is 2.33. The van der Waals surface area contributed by atoms with E-state index in [1.807, 2.05) is 0 Å². The number of benzene rings is 2. The fraction of sp³-hybridized carbons (Fsp3) is 0. The molecule has 0 unspecified atom stereocenters. The second-order valence-corrected chi connectivity index (χ2v) is 5.80. The van der Waals surface area contributed by atoms with Crippen LogP contribution in [0.4, 0.5) is 4.39 Å². The molecule has 0 amide bonds. The number of rotatable bonds is 4. The third-order valence-electron chi connectivity index (χ3n) is 3.05. The quantitative estimate of drug-likeness (QED) is 0.434. The Morgan fingerprint density at radius 3 is 2.25 bits per heavy atom. The van der Waals surface area contributed by atoms with Crippen LogP contribution >= 0.6 is 34.8 Å². The Morgan fingerprint density at radius 1 is 1.04 bits per heavy atom. The summed E-state index contributed by atoms with van der Waals surface area (Å²) < 4.78 is 13.5. The lowest BCUT2D eigenvalue weighted by atomic mass is 10.0. The van der Waals surface area contributed by atoms with Crippen molar-refractivity contribution in [2.45, 2.75) is 0 Å². The van der Waals surface area contributed by atoms with Crippen LogP contribution in [0.15, 0.2) is 30.3 Å². The summed E-state index contributed by atoms with van der Waals surface area (Å²) >= 11 is 17.8. The largest absolute Gasteiger partial charge is 0.506 e. The first-order chi connectivity index (χ1) is 11.2. The smallest absolute Gasteiger partial charge is 0.339 e. The van der Waals surface area contributed by atoms with Crippen molar-refractivity contribution in [3.05, 3.63) is 67.9 Å². The molecule has 0 saturated heterocycles. The van der Waals surface area contributed by atoms with E-state index in [1.54, 1.807) is 0 Å². The number of carbonyl (C=O) groups excluding carboxylic acids is 1. The van der Waals surface area contributed by atoms with Crippen molar-refractivity contribution in [3.63, 3.8) is 0 Å². The van der Waals surface area contributed by atoms with E-state index in [-0.39, 0.29) is 20.6 Å². The molecule has 0 aliphatic rings. The van der Waals surface area contributed by atoms with Crippen LogP contribution < -0.4 is 0 Å². The molecule has 0 aromatic heterocycles. The van der Waals surface area contributed by atoms with Crippen LogP contribution in [-0.4, -0.2) is 22.0 Å². The third kappa shape index (κ3) is 3.70. The molecule has 2 aromatic carbocycles. The molecule has 8 heteroatoms. The van der Waals surface area contributed by atoms with E-state index in [1.165, 1.54) is 18.2 Å². The lowest BCUT2D eigenvalue weighted by Gasteiger charge is -2.06.